The lowest BCUT2D eigenvalue weighted by molar-refractivity contribution is -0.135. The second kappa shape index (κ2) is 40.2. The number of imidazole rings is 5. The highest BCUT2D eigenvalue weighted by Gasteiger charge is 2.24. The number of aromatic nitrogens is 20. The van der Waals surface area contributed by atoms with Gasteiger partial charge < -0.3 is 105 Å². The number of ketones is 5. The van der Waals surface area contributed by atoms with Gasteiger partial charge in [-0.3, -0.25) is 47.9 Å². The van der Waals surface area contributed by atoms with E-state index in [0.29, 0.717) is 128 Å². The molecule has 5 amide bonds. The number of rotatable bonds is 31. The van der Waals surface area contributed by atoms with Gasteiger partial charge in [0, 0.05) is 71.9 Å². The van der Waals surface area contributed by atoms with Gasteiger partial charge in [-0.05, 0) is 27.7 Å². The molecule has 566 valence electrons. The van der Waals surface area contributed by atoms with Gasteiger partial charge in [-0.2, -0.15) is 0 Å². The molecule has 45 heteroatoms. The molecular weight excluding hydrogens is 1380 g/mol. The number of nitrogen functional groups attached to an aromatic ring is 5. The largest absolute Gasteiger partial charge is 0.382 e. The summed E-state index contributed by atoms with van der Waals surface area (Å²) in [6.45, 7) is 10.8. The minimum absolute atomic E-state index is 0.0103. The normalized spacial score (nSPS) is 10.8. The second-order valence-electron chi connectivity index (χ2n) is 23.2. The van der Waals surface area contributed by atoms with E-state index in [4.69, 9.17) is 57.3 Å². The van der Waals surface area contributed by atoms with Crippen LogP contribution in [0.15, 0.2) is 63.3 Å². The molecule has 0 radical (unpaired) electrons. The first-order chi connectivity index (χ1) is 50.7. The van der Waals surface area contributed by atoms with E-state index >= 15 is 0 Å². The maximum atomic E-state index is 12.4. The van der Waals surface area contributed by atoms with Crippen molar-refractivity contribution in [2.45, 2.75) is 73.8 Å². The van der Waals surface area contributed by atoms with E-state index in [1.165, 1.54) is 115 Å². The summed E-state index contributed by atoms with van der Waals surface area (Å²) in [7, 11) is 0. The number of carbonyl (C=O) groups excluding carboxylic acids is 10. The average Bonchev–Trinajstić information content (AvgIpc) is 1.69. The first-order valence-electron chi connectivity index (χ1n) is 32.6. The lowest BCUT2D eigenvalue weighted by Crippen LogP contribution is -2.40. The second-order valence-corrected chi connectivity index (χ2v) is 23.2. The topological polar surface area (TPSA) is 665 Å². The quantitative estimate of drug-likeness (QED) is 0.0194. The molecule has 0 bridgehead atoms. The van der Waals surface area contributed by atoms with Crippen molar-refractivity contribution in [3.05, 3.63) is 63.3 Å². The Balaban J connectivity index is 0.000000208. The number of nitrogens with zero attached hydrogens (tertiary/aromatic N) is 25. The molecule has 0 aliphatic heterocycles. The van der Waals surface area contributed by atoms with E-state index in [9.17, 15) is 47.9 Å². The molecular formula is C61H87N35O10. The number of Topliss-reactive ketones (excluding diaryl/α,β-unsaturated/α-hetero) is 5. The van der Waals surface area contributed by atoms with Gasteiger partial charge in [-0.1, -0.05) is 6.92 Å². The first-order valence-corrected chi connectivity index (χ1v) is 32.6. The van der Waals surface area contributed by atoms with Crippen molar-refractivity contribution in [3.8, 4) is 0 Å². The number of nitrogens with two attached hydrogens (primary N) is 10. The molecule has 0 unspecified atom stereocenters. The molecule has 0 spiro atoms. The maximum Gasteiger partial charge on any atom is 0.243 e. The number of fused-ring (bicyclic) bond motifs is 5. The fourth-order valence-corrected chi connectivity index (χ4v) is 9.94. The predicted molar refractivity (Wildman–Crippen MR) is 385 cm³/mol. The minimum atomic E-state index is -0.230. The third-order valence-corrected chi connectivity index (χ3v) is 14.8. The van der Waals surface area contributed by atoms with E-state index in [0.717, 1.165) is 0 Å². The van der Waals surface area contributed by atoms with E-state index < -0.39 is 0 Å². The van der Waals surface area contributed by atoms with Gasteiger partial charge >= 0.3 is 0 Å². The highest BCUT2D eigenvalue weighted by molar-refractivity contribution is 5.91. The van der Waals surface area contributed by atoms with Crippen LogP contribution in [0.4, 0.5) is 29.1 Å². The molecule has 10 heterocycles. The van der Waals surface area contributed by atoms with Crippen molar-refractivity contribution in [3.63, 3.8) is 0 Å². The van der Waals surface area contributed by atoms with Crippen molar-refractivity contribution in [1.29, 1.82) is 0 Å². The molecule has 10 rings (SSSR count). The van der Waals surface area contributed by atoms with Crippen LogP contribution in [0.1, 0.15) is 41.0 Å². The zero-order valence-electron chi connectivity index (χ0n) is 59.2. The van der Waals surface area contributed by atoms with E-state index in [1.807, 2.05) is 0 Å². The fourth-order valence-electron chi connectivity index (χ4n) is 9.94. The molecule has 0 saturated carbocycles. The van der Waals surface area contributed by atoms with Crippen LogP contribution >= 0.6 is 0 Å². The van der Waals surface area contributed by atoms with Crippen molar-refractivity contribution in [2.75, 3.05) is 127 Å². The van der Waals surface area contributed by atoms with Crippen LogP contribution in [0.3, 0.4) is 0 Å². The van der Waals surface area contributed by atoms with Crippen molar-refractivity contribution < 1.29 is 47.9 Å². The number of hydrogen-bond donors (Lipinski definition) is 10. The smallest absolute Gasteiger partial charge is 0.243 e. The van der Waals surface area contributed by atoms with E-state index in [1.54, 1.807) is 29.8 Å². The van der Waals surface area contributed by atoms with Gasteiger partial charge in [-0.15, -0.1) is 0 Å². The summed E-state index contributed by atoms with van der Waals surface area (Å²) < 4.78 is 7.85. The van der Waals surface area contributed by atoms with Gasteiger partial charge in [0.1, 0.15) is 115 Å². The van der Waals surface area contributed by atoms with Crippen molar-refractivity contribution in [1.82, 2.24) is 122 Å². The first kappa shape index (κ1) is 82.2. The van der Waals surface area contributed by atoms with Crippen molar-refractivity contribution >= 4 is 143 Å². The molecule has 0 aliphatic carbocycles. The molecule has 45 nitrogen and oxygen atoms in total. The molecule has 10 aromatic heterocycles. The Labute approximate surface area is 603 Å². The highest BCUT2D eigenvalue weighted by Crippen LogP contribution is 2.19. The zero-order chi connectivity index (χ0) is 77.7. The van der Waals surface area contributed by atoms with Crippen LogP contribution in [-0.4, -0.2) is 279 Å². The number of carbonyl (C=O) groups is 10. The molecule has 0 fully saturated rings. The Hall–Kier alpha value is -12.8. The molecule has 106 heavy (non-hydrogen) atoms. The summed E-state index contributed by atoms with van der Waals surface area (Å²) in [5.74, 6) is -0.247. The van der Waals surface area contributed by atoms with Crippen LogP contribution in [0, 0.1) is 0 Å². The van der Waals surface area contributed by atoms with Crippen LogP contribution in [0.5, 0.6) is 0 Å². The van der Waals surface area contributed by atoms with Crippen LogP contribution in [-0.2, 0) is 80.7 Å². The molecule has 20 N–H and O–H groups in total. The van der Waals surface area contributed by atoms with Gasteiger partial charge in [0.2, 0.25) is 29.5 Å². The Bertz CT molecular complexity index is 4240. The monoisotopic (exact) mass is 1470 g/mol. The molecule has 0 aromatic carbocycles. The third-order valence-electron chi connectivity index (χ3n) is 14.8. The number of amides is 5. The minimum Gasteiger partial charge on any atom is -0.382 e. The fraction of sp³-hybridized carbons (Fsp3) is 0.426. The number of hydrogen-bond acceptors (Lipinski definition) is 35. The summed E-state index contributed by atoms with van der Waals surface area (Å²) in [4.78, 5) is 185. The molecule has 10 aromatic rings. The Morgan fingerprint density at radius 3 is 0.632 bits per heavy atom. The Morgan fingerprint density at radius 1 is 0.292 bits per heavy atom. The van der Waals surface area contributed by atoms with Crippen LogP contribution < -0.4 is 57.3 Å². The summed E-state index contributed by atoms with van der Waals surface area (Å²) >= 11 is 0. The van der Waals surface area contributed by atoms with Gasteiger partial charge in [0.05, 0.1) is 64.4 Å². The van der Waals surface area contributed by atoms with Gasteiger partial charge in [0.15, 0.2) is 63.1 Å². The van der Waals surface area contributed by atoms with Crippen LogP contribution in [0.2, 0.25) is 0 Å². The lowest BCUT2D eigenvalue weighted by Gasteiger charge is -2.21. The van der Waals surface area contributed by atoms with E-state index in [-0.39, 0.29) is 153 Å². The highest BCUT2D eigenvalue weighted by atomic mass is 16.2. The molecule has 0 saturated heterocycles. The van der Waals surface area contributed by atoms with E-state index in [2.05, 4.69) is 74.8 Å². The van der Waals surface area contributed by atoms with Crippen molar-refractivity contribution in [2.24, 2.45) is 28.7 Å². The predicted octanol–water partition coefficient (Wildman–Crippen LogP) is -5.69. The summed E-state index contributed by atoms with van der Waals surface area (Å²) in [5.41, 5.74) is 60.5. The number of anilines is 5. The van der Waals surface area contributed by atoms with Gasteiger partial charge in [0.25, 0.3) is 0 Å². The Morgan fingerprint density at radius 2 is 0.472 bits per heavy atom. The lowest BCUT2D eigenvalue weighted by atomic mass is 10.3. The molecule has 0 atom stereocenters. The molecule has 0 aliphatic rings. The standard InChI is InChI=1S/C13H19N7O2.4C12H17N7O2/c1-2-9(21)5-19(4-3-14)10(22)6-20-8-18-11-12(15)16-7-17-13(11)20;4*1-8(20)4-18(3-2-13)9(21)5-19-7-17-10-11(14)15-6-16-12(10)19/h7-8H,2-6,14H2,1H3,(H2,15,16,17);4*6-7H,2-5,13H2,1H3,(H2,14,15,16). The maximum absolute atomic E-state index is 12.4. The average molecular weight is 1470 g/mol. The third kappa shape index (κ3) is 23.1. The SMILES string of the molecule is CC(=O)CN(CCN)C(=O)Cn1cnc2c(N)ncnc21.CC(=O)CN(CCN)C(=O)Cn1cnc2c(N)ncnc21.CC(=O)CN(CCN)C(=O)Cn1cnc2c(N)ncnc21.CC(=O)CN(CCN)C(=O)Cn1cnc2c(N)ncnc21.CCC(=O)CN(CCN)C(=O)Cn1cnc2c(N)ncnc21. The zero-order valence-corrected chi connectivity index (χ0v) is 59.2. The summed E-state index contributed by atoms with van der Waals surface area (Å²) in [5, 5.41) is 0. The summed E-state index contributed by atoms with van der Waals surface area (Å²) in [6.07, 6.45) is 14.3. The van der Waals surface area contributed by atoms with Crippen LogP contribution in [0.25, 0.3) is 55.8 Å². The van der Waals surface area contributed by atoms with Gasteiger partial charge in [-0.25, -0.2) is 74.8 Å². The summed E-state index contributed by atoms with van der Waals surface area (Å²) in [6, 6.07) is 0. The Kier molecular flexibility index (Phi) is 31.2.